The molecule has 0 heterocycles. The van der Waals surface area contributed by atoms with Gasteiger partial charge in [-0.1, -0.05) is 6.07 Å². The molecule has 0 spiro atoms. The Hall–Kier alpha value is -0.930. The third kappa shape index (κ3) is 3.01. The molecule has 3 N–H and O–H groups in total. The van der Waals surface area contributed by atoms with Gasteiger partial charge >= 0.3 is 0 Å². The van der Waals surface area contributed by atoms with Crippen molar-refractivity contribution in [2.45, 2.75) is 20.0 Å². The van der Waals surface area contributed by atoms with E-state index in [4.69, 9.17) is 11.6 Å². The van der Waals surface area contributed by atoms with E-state index in [0.29, 0.717) is 12.2 Å². The molecule has 1 atom stereocenters. The summed E-state index contributed by atoms with van der Waals surface area (Å²) in [5, 5.41) is 22.0. The second-order valence-corrected chi connectivity index (χ2v) is 3.90. The number of aliphatic hydroxyl groups excluding tert-OH is 1. The highest BCUT2D eigenvalue weighted by Gasteiger charge is 2.07. The number of anilines is 1. The largest absolute Gasteiger partial charge is 0.505 e. The Labute approximate surface area is 94.7 Å². The summed E-state index contributed by atoms with van der Waals surface area (Å²) in [6, 6.07) is 3.71. The minimum absolute atomic E-state index is 0.179. The molecule has 0 aliphatic heterocycles. The van der Waals surface area contributed by atoms with Gasteiger partial charge in [0.2, 0.25) is 0 Å². The number of alkyl halides is 1. The minimum Gasteiger partial charge on any atom is -0.505 e. The van der Waals surface area contributed by atoms with E-state index in [0.717, 1.165) is 11.1 Å². The molecule has 3 nitrogen and oxygen atoms in total. The predicted molar refractivity (Wildman–Crippen MR) is 62.8 cm³/mol. The molecule has 0 aliphatic rings. The fourth-order valence-corrected chi connectivity index (χ4v) is 1.34. The maximum Gasteiger partial charge on any atom is 0.141 e. The summed E-state index contributed by atoms with van der Waals surface area (Å²) in [4.78, 5) is 0. The molecule has 4 heteroatoms. The summed E-state index contributed by atoms with van der Waals surface area (Å²) in [6.07, 6.45) is -0.604. The van der Waals surface area contributed by atoms with E-state index in [9.17, 15) is 10.2 Å². The van der Waals surface area contributed by atoms with E-state index in [2.05, 4.69) is 5.32 Å². The number of nitrogens with one attached hydrogen (secondary N) is 1. The van der Waals surface area contributed by atoms with Gasteiger partial charge in [-0.3, -0.25) is 0 Å². The van der Waals surface area contributed by atoms with Gasteiger partial charge in [-0.25, -0.2) is 0 Å². The van der Waals surface area contributed by atoms with Crippen LogP contribution in [0.5, 0.6) is 5.75 Å². The number of benzene rings is 1. The van der Waals surface area contributed by atoms with E-state index in [1.165, 1.54) is 0 Å². The first kappa shape index (κ1) is 12.1. The van der Waals surface area contributed by atoms with Gasteiger partial charge in [-0.2, -0.15) is 0 Å². The molecule has 0 saturated heterocycles. The maximum atomic E-state index is 9.79. The highest BCUT2D eigenvalue weighted by atomic mass is 35.5. The third-order valence-electron chi connectivity index (χ3n) is 2.41. The van der Waals surface area contributed by atoms with E-state index in [1.54, 1.807) is 6.07 Å². The average molecular weight is 230 g/mol. The van der Waals surface area contributed by atoms with Crippen LogP contribution in [-0.2, 0) is 0 Å². The van der Waals surface area contributed by atoms with Gasteiger partial charge in [0.25, 0.3) is 0 Å². The standard InChI is InChI=1S/C11H16ClNO2/c1-7-3-4-10(11(15)8(7)2)13-6-9(14)5-12/h3-4,9,13-15H,5-6H2,1-2H3. The fourth-order valence-electron chi connectivity index (χ4n) is 1.23. The Morgan fingerprint density at radius 2 is 2.07 bits per heavy atom. The smallest absolute Gasteiger partial charge is 0.141 e. The Morgan fingerprint density at radius 3 is 2.67 bits per heavy atom. The number of aliphatic hydroxyl groups is 1. The van der Waals surface area contributed by atoms with Gasteiger partial charge in [0.15, 0.2) is 0 Å². The molecule has 0 aliphatic carbocycles. The quantitative estimate of drug-likeness (QED) is 0.547. The molecule has 1 aromatic rings. The summed E-state index contributed by atoms with van der Waals surface area (Å²) in [5.74, 6) is 0.412. The lowest BCUT2D eigenvalue weighted by Crippen LogP contribution is -2.20. The van der Waals surface area contributed by atoms with Crippen molar-refractivity contribution in [3.63, 3.8) is 0 Å². The monoisotopic (exact) mass is 229 g/mol. The van der Waals surface area contributed by atoms with Crippen LogP contribution in [0.4, 0.5) is 5.69 Å². The molecule has 0 bridgehead atoms. The molecule has 0 radical (unpaired) electrons. The lowest BCUT2D eigenvalue weighted by Gasteiger charge is -2.13. The van der Waals surface area contributed by atoms with Gasteiger partial charge in [0.1, 0.15) is 5.75 Å². The van der Waals surface area contributed by atoms with Crippen LogP contribution in [0.15, 0.2) is 12.1 Å². The van der Waals surface area contributed by atoms with Crippen molar-refractivity contribution >= 4 is 17.3 Å². The van der Waals surface area contributed by atoms with Gasteiger partial charge in [-0.15, -0.1) is 11.6 Å². The molecular formula is C11H16ClNO2. The first-order valence-electron chi connectivity index (χ1n) is 4.83. The zero-order valence-corrected chi connectivity index (χ0v) is 9.67. The van der Waals surface area contributed by atoms with Gasteiger partial charge < -0.3 is 15.5 Å². The van der Waals surface area contributed by atoms with Crippen molar-refractivity contribution in [1.29, 1.82) is 0 Å². The van der Waals surface area contributed by atoms with Gasteiger partial charge in [0, 0.05) is 6.54 Å². The number of rotatable bonds is 4. The molecule has 0 fully saturated rings. The molecule has 0 aromatic heterocycles. The summed E-state index contributed by atoms with van der Waals surface area (Å²) in [5.41, 5.74) is 2.51. The Balaban J connectivity index is 2.74. The number of phenols is 1. The number of aryl methyl sites for hydroxylation is 1. The number of hydrogen-bond acceptors (Lipinski definition) is 3. The van der Waals surface area contributed by atoms with E-state index >= 15 is 0 Å². The van der Waals surface area contributed by atoms with Crippen LogP contribution in [0.2, 0.25) is 0 Å². The summed E-state index contributed by atoms with van der Waals surface area (Å²) < 4.78 is 0. The van der Waals surface area contributed by atoms with Gasteiger partial charge in [0.05, 0.1) is 17.7 Å². The topological polar surface area (TPSA) is 52.5 Å². The van der Waals surface area contributed by atoms with Crippen molar-refractivity contribution < 1.29 is 10.2 Å². The van der Waals surface area contributed by atoms with Crippen molar-refractivity contribution in [3.8, 4) is 5.75 Å². The first-order valence-corrected chi connectivity index (χ1v) is 5.36. The van der Waals surface area contributed by atoms with Crippen LogP contribution < -0.4 is 5.32 Å². The molecule has 1 rings (SSSR count). The van der Waals surface area contributed by atoms with Crippen molar-refractivity contribution in [2.75, 3.05) is 17.7 Å². The van der Waals surface area contributed by atoms with Gasteiger partial charge in [-0.05, 0) is 31.0 Å². The molecular weight excluding hydrogens is 214 g/mol. The van der Waals surface area contributed by atoms with Crippen LogP contribution in [-0.4, -0.2) is 28.7 Å². The molecule has 0 amide bonds. The molecule has 84 valence electrons. The second kappa shape index (κ2) is 5.24. The van der Waals surface area contributed by atoms with Crippen LogP contribution in [0.25, 0.3) is 0 Å². The predicted octanol–water partition coefficient (Wildman–Crippen LogP) is 2.02. The zero-order valence-electron chi connectivity index (χ0n) is 8.92. The number of hydrogen-bond donors (Lipinski definition) is 3. The third-order valence-corrected chi connectivity index (χ3v) is 2.76. The van der Waals surface area contributed by atoms with Crippen LogP contribution in [0.3, 0.4) is 0 Å². The van der Waals surface area contributed by atoms with E-state index < -0.39 is 6.10 Å². The van der Waals surface area contributed by atoms with E-state index in [-0.39, 0.29) is 11.6 Å². The normalized spacial score (nSPS) is 12.5. The van der Waals surface area contributed by atoms with Crippen LogP contribution in [0.1, 0.15) is 11.1 Å². The Morgan fingerprint density at radius 1 is 1.40 bits per heavy atom. The lowest BCUT2D eigenvalue weighted by atomic mass is 10.1. The second-order valence-electron chi connectivity index (χ2n) is 3.59. The number of halogens is 1. The molecule has 1 aromatic carbocycles. The summed E-state index contributed by atoms with van der Waals surface area (Å²) in [7, 11) is 0. The first-order chi connectivity index (χ1) is 7.06. The summed E-state index contributed by atoms with van der Waals surface area (Å²) in [6.45, 7) is 4.12. The summed E-state index contributed by atoms with van der Waals surface area (Å²) >= 11 is 5.46. The highest BCUT2D eigenvalue weighted by molar-refractivity contribution is 6.18. The number of aromatic hydroxyl groups is 1. The zero-order chi connectivity index (χ0) is 11.4. The maximum absolute atomic E-state index is 9.79. The minimum atomic E-state index is -0.604. The molecule has 15 heavy (non-hydrogen) atoms. The lowest BCUT2D eigenvalue weighted by molar-refractivity contribution is 0.211. The number of phenolic OH excluding ortho intramolecular Hbond substituents is 1. The van der Waals surface area contributed by atoms with Crippen LogP contribution >= 0.6 is 11.6 Å². The van der Waals surface area contributed by atoms with E-state index in [1.807, 2.05) is 19.9 Å². The molecule has 1 unspecified atom stereocenters. The Kier molecular flexibility index (Phi) is 4.24. The average Bonchev–Trinajstić information content (AvgIpc) is 2.24. The van der Waals surface area contributed by atoms with Crippen molar-refractivity contribution in [1.82, 2.24) is 0 Å². The van der Waals surface area contributed by atoms with Crippen molar-refractivity contribution in [2.24, 2.45) is 0 Å². The Bertz CT molecular complexity index is 342. The van der Waals surface area contributed by atoms with Crippen LogP contribution in [0, 0.1) is 13.8 Å². The fraction of sp³-hybridized carbons (Fsp3) is 0.455. The molecule has 0 saturated carbocycles. The highest BCUT2D eigenvalue weighted by Crippen LogP contribution is 2.29. The van der Waals surface area contributed by atoms with Crippen molar-refractivity contribution in [3.05, 3.63) is 23.3 Å². The SMILES string of the molecule is Cc1ccc(NCC(O)CCl)c(O)c1C.